The molecular formula is C15H17N3S. The molecule has 0 fully saturated rings. The van der Waals surface area contributed by atoms with E-state index in [0.29, 0.717) is 4.99 Å². The molecule has 0 saturated heterocycles. The van der Waals surface area contributed by atoms with Crippen LogP contribution in [0.2, 0.25) is 0 Å². The molecular weight excluding hydrogens is 254 g/mol. The normalized spacial score (nSPS) is 10.2. The SMILES string of the molecule is Cc1cc(C(N)=S)cc(NCc2ccccc2C)n1. The maximum Gasteiger partial charge on any atom is 0.127 e. The van der Waals surface area contributed by atoms with E-state index in [1.54, 1.807) is 0 Å². The Hall–Kier alpha value is -1.94. The fourth-order valence-electron chi connectivity index (χ4n) is 1.90. The Kier molecular flexibility index (Phi) is 4.12. The molecule has 4 heteroatoms. The summed E-state index contributed by atoms with van der Waals surface area (Å²) in [6, 6.07) is 12.0. The van der Waals surface area contributed by atoms with Gasteiger partial charge in [-0.2, -0.15) is 0 Å². The zero-order valence-electron chi connectivity index (χ0n) is 11.1. The average molecular weight is 271 g/mol. The summed E-state index contributed by atoms with van der Waals surface area (Å²) in [5.41, 5.74) is 9.92. The molecule has 0 saturated carbocycles. The highest BCUT2D eigenvalue weighted by atomic mass is 32.1. The van der Waals surface area contributed by atoms with Crippen molar-refractivity contribution < 1.29 is 0 Å². The van der Waals surface area contributed by atoms with Crippen molar-refractivity contribution in [3.05, 3.63) is 58.8 Å². The van der Waals surface area contributed by atoms with Crippen LogP contribution in [0, 0.1) is 13.8 Å². The number of nitrogens with one attached hydrogen (secondary N) is 1. The standard InChI is InChI=1S/C15H17N3S/c1-10-5-3-4-6-12(10)9-17-14-8-13(15(16)19)7-11(2)18-14/h3-8H,9H2,1-2H3,(H2,16,19)(H,17,18). The van der Waals surface area contributed by atoms with Crippen LogP contribution in [0.3, 0.4) is 0 Å². The van der Waals surface area contributed by atoms with Gasteiger partial charge in [-0.25, -0.2) is 4.98 Å². The molecule has 2 aromatic rings. The summed E-state index contributed by atoms with van der Waals surface area (Å²) in [5, 5.41) is 3.31. The van der Waals surface area contributed by atoms with Crippen molar-refractivity contribution in [1.82, 2.24) is 4.98 Å². The summed E-state index contributed by atoms with van der Waals surface area (Å²) >= 11 is 5.00. The minimum atomic E-state index is 0.393. The Morgan fingerprint density at radius 2 is 2.00 bits per heavy atom. The van der Waals surface area contributed by atoms with E-state index in [-0.39, 0.29) is 0 Å². The molecule has 1 aromatic carbocycles. The van der Waals surface area contributed by atoms with Gasteiger partial charge < -0.3 is 11.1 Å². The number of benzene rings is 1. The number of pyridine rings is 1. The number of nitrogens with zero attached hydrogens (tertiary/aromatic N) is 1. The largest absolute Gasteiger partial charge is 0.389 e. The highest BCUT2D eigenvalue weighted by Gasteiger charge is 2.03. The zero-order valence-corrected chi connectivity index (χ0v) is 11.9. The smallest absolute Gasteiger partial charge is 0.127 e. The molecule has 3 nitrogen and oxygen atoms in total. The molecule has 0 unspecified atom stereocenters. The number of anilines is 1. The topological polar surface area (TPSA) is 50.9 Å². The van der Waals surface area contributed by atoms with Crippen LogP contribution in [0.1, 0.15) is 22.4 Å². The number of aromatic nitrogens is 1. The lowest BCUT2D eigenvalue weighted by atomic mass is 10.1. The second-order valence-corrected chi connectivity index (χ2v) is 4.97. The van der Waals surface area contributed by atoms with Crippen molar-refractivity contribution in [2.24, 2.45) is 5.73 Å². The van der Waals surface area contributed by atoms with Crippen molar-refractivity contribution in [3.8, 4) is 0 Å². The van der Waals surface area contributed by atoms with Gasteiger partial charge in [0.1, 0.15) is 10.8 Å². The minimum absolute atomic E-state index is 0.393. The number of hydrogen-bond acceptors (Lipinski definition) is 3. The fraction of sp³-hybridized carbons (Fsp3) is 0.200. The molecule has 0 bridgehead atoms. The van der Waals surface area contributed by atoms with Gasteiger partial charge in [-0.3, -0.25) is 0 Å². The molecule has 0 aliphatic heterocycles. The summed E-state index contributed by atoms with van der Waals surface area (Å²) < 4.78 is 0. The third-order valence-electron chi connectivity index (χ3n) is 2.96. The van der Waals surface area contributed by atoms with E-state index in [4.69, 9.17) is 18.0 Å². The van der Waals surface area contributed by atoms with Gasteiger partial charge in [0.25, 0.3) is 0 Å². The summed E-state index contributed by atoms with van der Waals surface area (Å²) in [6.45, 7) is 4.77. The highest BCUT2D eigenvalue weighted by molar-refractivity contribution is 7.80. The first-order valence-electron chi connectivity index (χ1n) is 6.13. The van der Waals surface area contributed by atoms with E-state index in [1.807, 2.05) is 31.2 Å². The van der Waals surface area contributed by atoms with E-state index in [1.165, 1.54) is 11.1 Å². The molecule has 98 valence electrons. The monoisotopic (exact) mass is 271 g/mol. The number of nitrogens with two attached hydrogens (primary N) is 1. The van der Waals surface area contributed by atoms with E-state index in [9.17, 15) is 0 Å². The van der Waals surface area contributed by atoms with Crippen LogP contribution >= 0.6 is 12.2 Å². The number of rotatable bonds is 4. The third kappa shape index (κ3) is 3.51. The highest BCUT2D eigenvalue weighted by Crippen LogP contribution is 2.13. The summed E-state index contributed by atoms with van der Waals surface area (Å²) in [6.07, 6.45) is 0. The molecule has 1 aromatic heterocycles. The molecule has 0 aliphatic carbocycles. The Labute approximate surface area is 118 Å². The maximum atomic E-state index is 5.66. The second-order valence-electron chi connectivity index (χ2n) is 4.53. The lowest BCUT2D eigenvalue weighted by Gasteiger charge is -2.10. The predicted octanol–water partition coefficient (Wildman–Crippen LogP) is 2.94. The van der Waals surface area contributed by atoms with Gasteiger partial charge in [0, 0.05) is 17.8 Å². The van der Waals surface area contributed by atoms with E-state index >= 15 is 0 Å². The molecule has 1 heterocycles. The predicted molar refractivity (Wildman–Crippen MR) is 83.4 cm³/mol. The molecule has 0 atom stereocenters. The van der Waals surface area contributed by atoms with Crippen LogP contribution in [-0.2, 0) is 6.54 Å². The second kappa shape index (κ2) is 5.80. The van der Waals surface area contributed by atoms with Crippen LogP contribution < -0.4 is 11.1 Å². The van der Waals surface area contributed by atoms with Crippen molar-refractivity contribution in [2.45, 2.75) is 20.4 Å². The maximum absolute atomic E-state index is 5.66. The molecule has 3 N–H and O–H groups in total. The van der Waals surface area contributed by atoms with Gasteiger partial charge in [0.2, 0.25) is 0 Å². The molecule has 0 aliphatic rings. The summed E-state index contributed by atoms with van der Waals surface area (Å²) in [4.78, 5) is 4.83. The van der Waals surface area contributed by atoms with Gasteiger partial charge in [-0.1, -0.05) is 36.5 Å². The van der Waals surface area contributed by atoms with Crippen molar-refractivity contribution in [3.63, 3.8) is 0 Å². The lowest BCUT2D eigenvalue weighted by Crippen LogP contribution is -2.11. The van der Waals surface area contributed by atoms with Gasteiger partial charge in [-0.05, 0) is 37.1 Å². The fourth-order valence-corrected chi connectivity index (χ4v) is 2.01. The number of thiocarbonyl (C=S) groups is 1. The molecule has 2 rings (SSSR count). The van der Waals surface area contributed by atoms with Gasteiger partial charge in [0.05, 0.1) is 0 Å². The molecule has 0 radical (unpaired) electrons. The van der Waals surface area contributed by atoms with E-state index in [0.717, 1.165) is 23.6 Å². The molecule has 19 heavy (non-hydrogen) atoms. The molecule has 0 spiro atoms. The summed E-state index contributed by atoms with van der Waals surface area (Å²) in [5.74, 6) is 0.797. The lowest BCUT2D eigenvalue weighted by molar-refractivity contribution is 1.07. The van der Waals surface area contributed by atoms with Crippen molar-refractivity contribution >= 4 is 23.0 Å². The van der Waals surface area contributed by atoms with Crippen molar-refractivity contribution in [1.29, 1.82) is 0 Å². The average Bonchev–Trinajstić information content (AvgIpc) is 2.37. The summed E-state index contributed by atoms with van der Waals surface area (Å²) in [7, 11) is 0. The zero-order chi connectivity index (χ0) is 13.8. The first kappa shape index (κ1) is 13.5. The van der Waals surface area contributed by atoms with Gasteiger partial charge in [0.15, 0.2) is 0 Å². The van der Waals surface area contributed by atoms with E-state index in [2.05, 4.69) is 29.4 Å². The Bertz CT molecular complexity index is 608. The first-order chi connectivity index (χ1) is 9.06. The van der Waals surface area contributed by atoms with Crippen LogP contribution in [0.25, 0.3) is 0 Å². The minimum Gasteiger partial charge on any atom is -0.389 e. The Morgan fingerprint density at radius 3 is 2.68 bits per heavy atom. The van der Waals surface area contributed by atoms with Crippen LogP contribution in [0.15, 0.2) is 36.4 Å². The first-order valence-corrected chi connectivity index (χ1v) is 6.54. The van der Waals surface area contributed by atoms with Crippen LogP contribution in [0.5, 0.6) is 0 Å². The Balaban J connectivity index is 2.16. The molecule has 0 amide bonds. The van der Waals surface area contributed by atoms with Gasteiger partial charge >= 0.3 is 0 Å². The quantitative estimate of drug-likeness (QED) is 0.839. The third-order valence-corrected chi connectivity index (χ3v) is 3.19. The Morgan fingerprint density at radius 1 is 1.26 bits per heavy atom. The van der Waals surface area contributed by atoms with Crippen LogP contribution in [0.4, 0.5) is 5.82 Å². The van der Waals surface area contributed by atoms with Crippen molar-refractivity contribution in [2.75, 3.05) is 5.32 Å². The van der Waals surface area contributed by atoms with Gasteiger partial charge in [-0.15, -0.1) is 0 Å². The number of aryl methyl sites for hydroxylation is 2. The van der Waals surface area contributed by atoms with Crippen LogP contribution in [-0.4, -0.2) is 9.97 Å². The van der Waals surface area contributed by atoms with E-state index < -0.39 is 0 Å². The number of hydrogen-bond donors (Lipinski definition) is 2.